The zero-order valence-electron chi connectivity index (χ0n) is 10.4. The quantitative estimate of drug-likeness (QED) is 0.903. The minimum Gasteiger partial charge on any atom is -0.481 e. The molecular formula is C12H10BrN5O2. The molecule has 2 aromatic rings. The fraction of sp³-hybridized carbons (Fsp3) is 0.250. The fourth-order valence-electron chi connectivity index (χ4n) is 2.38. The number of rotatable bonds is 2. The Morgan fingerprint density at radius 3 is 2.85 bits per heavy atom. The third-order valence-electron chi connectivity index (χ3n) is 3.27. The first kappa shape index (κ1) is 12.9. The van der Waals surface area contributed by atoms with Crippen LogP contribution in [0.25, 0.3) is 0 Å². The van der Waals surface area contributed by atoms with Gasteiger partial charge < -0.3 is 5.11 Å². The maximum atomic E-state index is 11.6. The third-order valence-corrected chi connectivity index (χ3v) is 3.99. The standard InChI is InChI=1S/C12H10BrN5O2/c1-6-9(11(19)20)10(7-4-2-3-5-8(7)13)18-12(14-6)15-16-17-18/h2-5,9-10H,1H3,(H,19,20). The summed E-state index contributed by atoms with van der Waals surface area (Å²) in [5.41, 5.74) is 1.29. The van der Waals surface area contributed by atoms with Gasteiger partial charge >= 0.3 is 5.97 Å². The molecule has 1 N–H and O–H groups in total. The monoisotopic (exact) mass is 335 g/mol. The van der Waals surface area contributed by atoms with Crippen LogP contribution < -0.4 is 0 Å². The van der Waals surface area contributed by atoms with E-state index in [1.165, 1.54) is 4.68 Å². The molecule has 20 heavy (non-hydrogen) atoms. The second-order valence-corrected chi connectivity index (χ2v) is 5.31. The molecule has 0 spiro atoms. The van der Waals surface area contributed by atoms with Crippen molar-refractivity contribution in [1.29, 1.82) is 0 Å². The third kappa shape index (κ3) is 1.92. The molecule has 1 aliphatic heterocycles. The van der Waals surface area contributed by atoms with E-state index in [1.54, 1.807) is 6.92 Å². The van der Waals surface area contributed by atoms with Crippen LogP contribution in [-0.4, -0.2) is 37.0 Å². The lowest BCUT2D eigenvalue weighted by Gasteiger charge is -2.28. The van der Waals surface area contributed by atoms with E-state index in [4.69, 9.17) is 0 Å². The normalized spacial score (nSPS) is 21.2. The highest BCUT2D eigenvalue weighted by Crippen LogP contribution is 2.37. The van der Waals surface area contributed by atoms with Crippen molar-refractivity contribution in [3.8, 4) is 0 Å². The van der Waals surface area contributed by atoms with Crippen molar-refractivity contribution in [3.63, 3.8) is 0 Å². The van der Waals surface area contributed by atoms with Crippen LogP contribution in [0.2, 0.25) is 0 Å². The molecule has 8 heteroatoms. The molecule has 2 unspecified atom stereocenters. The summed E-state index contributed by atoms with van der Waals surface area (Å²) >= 11 is 3.45. The largest absolute Gasteiger partial charge is 0.481 e. The molecule has 1 aromatic carbocycles. The predicted octanol–water partition coefficient (Wildman–Crippen LogP) is 1.83. The van der Waals surface area contributed by atoms with Gasteiger partial charge in [-0.15, -0.1) is 0 Å². The smallest absolute Gasteiger partial charge is 0.314 e. The Morgan fingerprint density at radius 2 is 2.15 bits per heavy atom. The summed E-state index contributed by atoms with van der Waals surface area (Å²) in [4.78, 5) is 15.8. The maximum Gasteiger partial charge on any atom is 0.314 e. The van der Waals surface area contributed by atoms with Crippen LogP contribution in [0.1, 0.15) is 18.5 Å². The van der Waals surface area contributed by atoms with Crippen LogP contribution in [0.3, 0.4) is 0 Å². The minimum atomic E-state index is -0.951. The molecule has 102 valence electrons. The molecule has 3 rings (SSSR count). The molecule has 0 aliphatic carbocycles. The Kier molecular flexibility index (Phi) is 3.09. The SMILES string of the molecule is CC1=Nc2nnnn2C(c2ccccc2Br)C1C(=O)O. The number of hydrogen-bond donors (Lipinski definition) is 1. The lowest BCUT2D eigenvalue weighted by Crippen LogP contribution is -2.36. The zero-order chi connectivity index (χ0) is 14.3. The van der Waals surface area contributed by atoms with Gasteiger partial charge in [-0.1, -0.05) is 39.2 Å². The molecule has 2 heterocycles. The first-order valence-corrected chi connectivity index (χ1v) is 6.69. The van der Waals surface area contributed by atoms with Gasteiger partial charge in [-0.3, -0.25) is 4.79 Å². The number of benzene rings is 1. The van der Waals surface area contributed by atoms with E-state index in [-0.39, 0.29) is 0 Å². The average Bonchev–Trinajstić information content (AvgIpc) is 2.85. The summed E-state index contributed by atoms with van der Waals surface area (Å²) in [5, 5.41) is 20.8. The van der Waals surface area contributed by atoms with E-state index in [9.17, 15) is 9.90 Å². The Balaban J connectivity index is 2.23. The summed E-state index contributed by atoms with van der Waals surface area (Å²) in [6, 6.07) is 6.91. The van der Waals surface area contributed by atoms with Crippen LogP contribution in [-0.2, 0) is 4.79 Å². The fourth-order valence-corrected chi connectivity index (χ4v) is 2.90. The van der Waals surface area contributed by atoms with Crippen LogP contribution in [0.15, 0.2) is 33.7 Å². The Bertz CT molecular complexity index is 711. The van der Waals surface area contributed by atoms with Crippen molar-refractivity contribution in [2.24, 2.45) is 10.9 Å². The molecule has 1 aromatic heterocycles. The molecule has 0 saturated heterocycles. The van der Waals surface area contributed by atoms with Crippen molar-refractivity contribution in [1.82, 2.24) is 20.2 Å². The zero-order valence-corrected chi connectivity index (χ0v) is 12.0. The number of carboxylic acids is 1. The van der Waals surface area contributed by atoms with E-state index < -0.39 is 17.9 Å². The van der Waals surface area contributed by atoms with Crippen molar-refractivity contribution >= 4 is 33.6 Å². The maximum absolute atomic E-state index is 11.6. The van der Waals surface area contributed by atoms with E-state index in [0.29, 0.717) is 11.7 Å². The Labute approximate surface area is 122 Å². The number of aliphatic imine (C=N–C) groups is 1. The second kappa shape index (κ2) is 4.78. The Hall–Kier alpha value is -2.09. The molecule has 0 saturated carbocycles. The van der Waals surface area contributed by atoms with Gasteiger partial charge in [-0.2, -0.15) is 0 Å². The van der Waals surface area contributed by atoms with E-state index >= 15 is 0 Å². The summed E-state index contributed by atoms with van der Waals surface area (Å²) in [7, 11) is 0. The number of fused-ring (bicyclic) bond motifs is 1. The molecule has 1 aliphatic rings. The lowest BCUT2D eigenvalue weighted by molar-refractivity contribution is -0.140. The number of carbonyl (C=O) groups is 1. The molecule has 0 fully saturated rings. The summed E-state index contributed by atoms with van der Waals surface area (Å²) in [5.74, 6) is -1.43. The molecule has 7 nitrogen and oxygen atoms in total. The Morgan fingerprint density at radius 1 is 1.40 bits per heavy atom. The molecule has 2 atom stereocenters. The van der Waals surface area contributed by atoms with Gasteiger partial charge in [0.05, 0.1) is 0 Å². The highest BCUT2D eigenvalue weighted by Gasteiger charge is 2.39. The van der Waals surface area contributed by atoms with Gasteiger partial charge in [-0.05, 0) is 29.0 Å². The lowest BCUT2D eigenvalue weighted by atomic mass is 9.88. The number of aliphatic carboxylic acids is 1. The number of tetrazole rings is 1. The number of hydrogen-bond acceptors (Lipinski definition) is 5. The first-order chi connectivity index (χ1) is 9.59. The average molecular weight is 336 g/mol. The highest BCUT2D eigenvalue weighted by atomic mass is 79.9. The summed E-state index contributed by atoms with van der Waals surface area (Å²) in [6.45, 7) is 1.68. The van der Waals surface area contributed by atoms with Crippen molar-refractivity contribution in [2.75, 3.05) is 0 Å². The summed E-state index contributed by atoms with van der Waals surface area (Å²) in [6.07, 6.45) is 0. The van der Waals surface area contributed by atoms with Crippen molar-refractivity contribution in [3.05, 3.63) is 34.3 Å². The molecule has 0 bridgehead atoms. The van der Waals surface area contributed by atoms with E-state index in [1.807, 2.05) is 24.3 Å². The topological polar surface area (TPSA) is 93.3 Å². The number of carboxylic acid groups (broad SMARTS) is 1. The highest BCUT2D eigenvalue weighted by molar-refractivity contribution is 9.10. The number of halogens is 1. The van der Waals surface area contributed by atoms with Gasteiger partial charge in [0, 0.05) is 10.2 Å². The van der Waals surface area contributed by atoms with Gasteiger partial charge in [0.2, 0.25) is 0 Å². The number of aromatic nitrogens is 4. The molecular weight excluding hydrogens is 326 g/mol. The minimum absolute atomic E-state index is 0.320. The van der Waals surface area contributed by atoms with Gasteiger partial charge in [0.1, 0.15) is 12.0 Å². The van der Waals surface area contributed by atoms with Crippen LogP contribution in [0.5, 0.6) is 0 Å². The van der Waals surface area contributed by atoms with Crippen LogP contribution in [0, 0.1) is 5.92 Å². The molecule has 0 amide bonds. The van der Waals surface area contributed by atoms with E-state index in [2.05, 4.69) is 36.4 Å². The van der Waals surface area contributed by atoms with Crippen LogP contribution in [0.4, 0.5) is 5.95 Å². The van der Waals surface area contributed by atoms with Gasteiger partial charge in [0.15, 0.2) is 0 Å². The molecule has 0 radical (unpaired) electrons. The van der Waals surface area contributed by atoms with Gasteiger partial charge in [-0.25, -0.2) is 9.67 Å². The summed E-state index contributed by atoms with van der Waals surface area (Å²) < 4.78 is 2.26. The van der Waals surface area contributed by atoms with Crippen LogP contribution >= 0.6 is 15.9 Å². The van der Waals surface area contributed by atoms with Gasteiger partial charge in [0.25, 0.3) is 5.95 Å². The van der Waals surface area contributed by atoms with Crippen molar-refractivity contribution in [2.45, 2.75) is 13.0 Å². The first-order valence-electron chi connectivity index (χ1n) is 5.90. The van der Waals surface area contributed by atoms with Crippen molar-refractivity contribution < 1.29 is 9.90 Å². The second-order valence-electron chi connectivity index (χ2n) is 4.46. The van der Waals surface area contributed by atoms with E-state index in [0.717, 1.165) is 10.0 Å². The number of nitrogens with zero attached hydrogens (tertiary/aromatic N) is 5. The predicted molar refractivity (Wildman–Crippen MR) is 74.0 cm³/mol.